The zero-order valence-corrected chi connectivity index (χ0v) is 10.2. The van der Waals surface area contributed by atoms with Crippen molar-refractivity contribution in [1.82, 2.24) is 10.3 Å². The smallest absolute Gasteiger partial charge is 0.0270 e. The van der Waals surface area contributed by atoms with E-state index in [1.807, 2.05) is 12.4 Å². The Hall–Kier alpha value is -1.67. The molecule has 17 heavy (non-hydrogen) atoms. The Labute approximate surface area is 103 Å². The highest BCUT2D eigenvalue weighted by Crippen LogP contribution is 2.03. The van der Waals surface area contributed by atoms with Gasteiger partial charge in [0.2, 0.25) is 0 Å². The lowest BCUT2D eigenvalue weighted by Crippen LogP contribution is -2.16. The minimum Gasteiger partial charge on any atom is -0.312 e. The van der Waals surface area contributed by atoms with Gasteiger partial charge in [0.25, 0.3) is 0 Å². The molecule has 2 heteroatoms. The maximum absolute atomic E-state index is 4.01. The second kappa shape index (κ2) is 6.16. The summed E-state index contributed by atoms with van der Waals surface area (Å²) in [5.74, 6) is 0. The maximum Gasteiger partial charge on any atom is 0.0270 e. The number of hydrogen-bond acceptors (Lipinski definition) is 2. The molecule has 1 aromatic heterocycles. The van der Waals surface area contributed by atoms with E-state index in [0.717, 1.165) is 19.5 Å². The molecule has 0 radical (unpaired) electrons. The van der Waals surface area contributed by atoms with E-state index < -0.39 is 0 Å². The van der Waals surface area contributed by atoms with Gasteiger partial charge in [0, 0.05) is 18.9 Å². The largest absolute Gasteiger partial charge is 0.312 e. The van der Waals surface area contributed by atoms with Gasteiger partial charge in [-0.05, 0) is 43.1 Å². The molecule has 0 aliphatic carbocycles. The molecule has 0 aliphatic rings. The van der Waals surface area contributed by atoms with E-state index in [2.05, 4.69) is 53.6 Å². The minimum absolute atomic E-state index is 0.937. The monoisotopic (exact) mass is 226 g/mol. The molecule has 1 heterocycles. The normalized spacial score (nSPS) is 10.4. The highest BCUT2D eigenvalue weighted by atomic mass is 14.8. The van der Waals surface area contributed by atoms with Crippen LogP contribution >= 0.6 is 0 Å². The van der Waals surface area contributed by atoms with E-state index >= 15 is 0 Å². The second-order valence-electron chi connectivity index (χ2n) is 4.27. The number of nitrogens with zero attached hydrogens (tertiary/aromatic N) is 1. The summed E-state index contributed by atoms with van der Waals surface area (Å²) in [7, 11) is 0. The topological polar surface area (TPSA) is 24.9 Å². The van der Waals surface area contributed by atoms with Crippen LogP contribution < -0.4 is 5.32 Å². The minimum atomic E-state index is 0.937. The summed E-state index contributed by atoms with van der Waals surface area (Å²) in [5, 5.41) is 3.46. The average Bonchev–Trinajstić information content (AvgIpc) is 2.36. The lowest BCUT2D eigenvalue weighted by atomic mass is 10.1. The fraction of sp³-hybridized carbons (Fsp3) is 0.267. The Morgan fingerprint density at radius 3 is 2.65 bits per heavy atom. The first-order valence-electron chi connectivity index (χ1n) is 6.00. The average molecular weight is 226 g/mol. The fourth-order valence-electron chi connectivity index (χ4n) is 1.84. The number of rotatable bonds is 5. The van der Waals surface area contributed by atoms with Gasteiger partial charge in [-0.2, -0.15) is 0 Å². The Balaban J connectivity index is 1.73. The number of nitrogens with one attached hydrogen (secondary N) is 1. The van der Waals surface area contributed by atoms with Crippen molar-refractivity contribution in [1.29, 1.82) is 0 Å². The number of hydrogen-bond donors (Lipinski definition) is 1. The molecule has 0 saturated heterocycles. The molecule has 0 amide bonds. The molecular weight excluding hydrogens is 208 g/mol. The van der Waals surface area contributed by atoms with E-state index in [0.29, 0.717) is 0 Å². The van der Waals surface area contributed by atoms with Crippen molar-refractivity contribution >= 4 is 0 Å². The number of aryl methyl sites for hydroxylation is 1. The van der Waals surface area contributed by atoms with Crippen LogP contribution in [0.15, 0.2) is 48.8 Å². The van der Waals surface area contributed by atoms with Gasteiger partial charge in [0.05, 0.1) is 0 Å². The molecule has 1 aromatic carbocycles. The van der Waals surface area contributed by atoms with Crippen molar-refractivity contribution in [3.63, 3.8) is 0 Å². The van der Waals surface area contributed by atoms with Crippen LogP contribution in [0.3, 0.4) is 0 Å². The van der Waals surface area contributed by atoms with Gasteiger partial charge in [-0.15, -0.1) is 0 Å². The molecule has 1 N–H and O–H groups in total. The third-order valence-corrected chi connectivity index (χ3v) is 2.75. The standard InChI is InChI=1S/C15H18N2/c1-13-3-2-4-15(11-13)12-17-10-7-14-5-8-16-9-6-14/h2-6,8-9,11,17H,7,10,12H2,1H3. The highest BCUT2D eigenvalue weighted by molar-refractivity contribution is 5.22. The molecule has 0 fully saturated rings. The third-order valence-electron chi connectivity index (χ3n) is 2.75. The molecule has 2 rings (SSSR count). The molecular formula is C15H18N2. The van der Waals surface area contributed by atoms with Crippen LogP contribution in [0.4, 0.5) is 0 Å². The summed E-state index contributed by atoms with van der Waals surface area (Å²) in [4.78, 5) is 4.01. The summed E-state index contributed by atoms with van der Waals surface area (Å²) >= 11 is 0. The van der Waals surface area contributed by atoms with E-state index in [1.165, 1.54) is 16.7 Å². The fourth-order valence-corrected chi connectivity index (χ4v) is 1.84. The maximum atomic E-state index is 4.01. The van der Waals surface area contributed by atoms with Crippen LogP contribution in [0.5, 0.6) is 0 Å². The van der Waals surface area contributed by atoms with E-state index in [4.69, 9.17) is 0 Å². The summed E-state index contributed by atoms with van der Waals surface area (Å²) in [6, 6.07) is 12.7. The second-order valence-corrected chi connectivity index (χ2v) is 4.27. The molecule has 0 unspecified atom stereocenters. The zero-order valence-electron chi connectivity index (χ0n) is 10.2. The zero-order chi connectivity index (χ0) is 11.9. The molecule has 0 spiro atoms. The van der Waals surface area contributed by atoms with Crippen molar-refractivity contribution in [3.8, 4) is 0 Å². The summed E-state index contributed by atoms with van der Waals surface area (Å²) in [6.45, 7) is 4.06. The molecule has 0 atom stereocenters. The van der Waals surface area contributed by atoms with Gasteiger partial charge in [-0.1, -0.05) is 29.8 Å². The first-order valence-corrected chi connectivity index (χ1v) is 6.00. The number of aromatic nitrogens is 1. The van der Waals surface area contributed by atoms with Crippen LogP contribution in [0, 0.1) is 6.92 Å². The van der Waals surface area contributed by atoms with Gasteiger partial charge in [-0.25, -0.2) is 0 Å². The quantitative estimate of drug-likeness (QED) is 0.793. The van der Waals surface area contributed by atoms with E-state index in [9.17, 15) is 0 Å². The van der Waals surface area contributed by atoms with Crippen LogP contribution in [0.25, 0.3) is 0 Å². The van der Waals surface area contributed by atoms with Gasteiger partial charge in [-0.3, -0.25) is 4.98 Å². The summed E-state index contributed by atoms with van der Waals surface area (Å²) in [6.07, 6.45) is 4.74. The predicted molar refractivity (Wildman–Crippen MR) is 70.8 cm³/mol. The lowest BCUT2D eigenvalue weighted by Gasteiger charge is -2.05. The molecule has 0 bridgehead atoms. The Morgan fingerprint density at radius 1 is 1.06 bits per heavy atom. The van der Waals surface area contributed by atoms with E-state index in [1.54, 1.807) is 0 Å². The molecule has 0 aliphatic heterocycles. The molecule has 2 aromatic rings. The van der Waals surface area contributed by atoms with Crippen molar-refractivity contribution in [3.05, 3.63) is 65.5 Å². The van der Waals surface area contributed by atoms with Crippen molar-refractivity contribution < 1.29 is 0 Å². The molecule has 88 valence electrons. The molecule has 0 saturated carbocycles. The van der Waals surface area contributed by atoms with Crippen molar-refractivity contribution in [2.45, 2.75) is 19.9 Å². The van der Waals surface area contributed by atoms with Crippen LogP contribution in [-0.2, 0) is 13.0 Å². The number of benzene rings is 1. The Bertz CT molecular complexity index is 451. The third kappa shape index (κ3) is 4.00. The Morgan fingerprint density at radius 2 is 1.88 bits per heavy atom. The lowest BCUT2D eigenvalue weighted by molar-refractivity contribution is 0.686. The van der Waals surface area contributed by atoms with Gasteiger partial charge in [0.15, 0.2) is 0 Å². The van der Waals surface area contributed by atoms with Gasteiger partial charge in [0.1, 0.15) is 0 Å². The van der Waals surface area contributed by atoms with Crippen molar-refractivity contribution in [2.75, 3.05) is 6.54 Å². The first-order chi connectivity index (χ1) is 8.34. The number of pyridine rings is 1. The van der Waals surface area contributed by atoms with Crippen LogP contribution in [0.2, 0.25) is 0 Å². The SMILES string of the molecule is Cc1cccc(CNCCc2ccncc2)c1. The van der Waals surface area contributed by atoms with E-state index in [-0.39, 0.29) is 0 Å². The van der Waals surface area contributed by atoms with Crippen molar-refractivity contribution in [2.24, 2.45) is 0 Å². The summed E-state index contributed by atoms with van der Waals surface area (Å²) in [5.41, 5.74) is 4.00. The van der Waals surface area contributed by atoms with Crippen LogP contribution in [-0.4, -0.2) is 11.5 Å². The predicted octanol–water partition coefficient (Wildman–Crippen LogP) is 2.72. The van der Waals surface area contributed by atoms with Gasteiger partial charge >= 0.3 is 0 Å². The first kappa shape index (κ1) is 11.8. The molecule has 2 nitrogen and oxygen atoms in total. The highest BCUT2D eigenvalue weighted by Gasteiger charge is 1.94. The summed E-state index contributed by atoms with van der Waals surface area (Å²) < 4.78 is 0. The van der Waals surface area contributed by atoms with Crippen LogP contribution in [0.1, 0.15) is 16.7 Å². The Kier molecular flexibility index (Phi) is 4.28. The van der Waals surface area contributed by atoms with Gasteiger partial charge < -0.3 is 5.32 Å².